The third kappa shape index (κ3) is 6.81. The second-order valence-electron chi connectivity index (χ2n) is 4.04. The molecule has 0 aliphatic rings. The van der Waals surface area contributed by atoms with Gasteiger partial charge < -0.3 is 25.2 Å². The zero-order chi connectivity index (χ0) is 15.7. The lowest BCUT2D eigenvalue weighted by Crippen LogP contribution is -2.46. The van der Waals surface area contributed by atoms with Crippen LogP contribution in [-0.4, -0.2) is 59.3 Å². The van der Waals surface area contributed by atoms with Crippen LogP contribution < -0.4 is 10.1 Å². The van der Waals surface area contributed by atoms with Crippen molar-refractivity contribution in [2.45, 2.75) is 0 Å². The number of nitrogens with one attached hydrogen (secondary N) is 1. The molecule has 0 aliphatic heterocycles. The van der Waals surface area contributed by atoms with Gasteiger partial charge in [-0.2, -0.15) is 0 Å². The van der Waals surface area contributed by atoms with Crippen LogP contribution in [0.1, 0.15) is 0 Å². The number of carboxylic acids is 2. The van der Waals surface area contributed by atoms with Gasteiger partial charge in [0.2, 0.25) is 0 Å². The van der Waals surface area contributed by atoms with Crippen molar-refractivity contribution in [1.82, 2.24) is 10.2 Å². The first-order valence-corrected chi connectivity index (χ1v) is 6.13. The topological polar surface area (TPSA) is 116 Å². The van der Waals surface area contributed by atoms with Crippen molar-refractivity contribution < 1.29 is 29.3 Å². The fourth-order valence-electron chi connectivity index (χ4n) is 1.48. The number of ether oxygens (including phenoxy) is 1. The predicted octanol–water partition coefficient (Wildman–Crippen LogP) is 0.246. The molecule has 0 bridgehead atoms. The van der Waals surface area contributed by atoms with Crippen molar-refractivity contribution in [3.05, 3.63) is 30.3 Å². The summed E-state index contributed by atoms with van der Waals surface area (Å²) < 4.78 is 5.33. The van der Waals surface area contributed by atoms with Crippen LogP contribution in [0.4, 0.5) is 4.79 Å². The number of amides is 2. The number of carboxylic acid groups (broad SMARTS) is 2. The minimum atomic E-state index is -1.29. The molecule has 2 amide bonds. The van der Waals surface area contributed by atoms with Crippen LogP contribution in [0.3, 0.4) is 0 Å². The molecule has 1 aromatic rings. The van der Waals surface area contributed by atoms with Crippen LogP contribution in [-0.2, 0) is 9.59 Å². The van der Waals surface area contributed by atoms with Crippen molar-refractivity contribution in [3.8, 4) is 5.75 Å². The first kappa shape index (κ1) is 16.3. The van der Waals surface area contributed by atoms with Crippen molar-refractivity contribution in [3.63, 3.8) is 0 Å². The normalized spacial score (nSPS) is 9.71. The molecule has 1 rings (SSSR count). The molecule has 8 nitrogen and oxygen atoms in total. The van der Waals surface area contributed by atoms with Crippen LogP contribution in [0, 0.1) is 0 Å². The molecule has 0 fully saturated rings. The molecule has 0 radical (unpaired) electrons. The van der Waals surface area contributed by atoms with Gasteiger partial charge in [-0.1, -0.05) is 18.2 Å². The van der Waals surface area contributed by atoms with E-state index in [-0.39, 0.29) is 13.2 Å². The Balaban J connectivity index is 2.35. The van der Waals surface area contributed by atoms with E-state index >= 15 is 0 Å². The van der Waals surface area contributed by atoms with E-state index in [9.17, 15) is 14.4 Å². The van der Waals surface area contributed by atoms with Crippen LogP contribution in [0.2, 0.25) is 0 Å². The van der Waals surface area contributed by atoms with E-state index in [1.165, 1.54) is 0 Å². The van der Waals surface area contributed by atoms with Crippen molar-refractivity contribution in [2.75, 3.05) is 26.2 Å². The lowest BCUT2D eigenvalue weighted by atomic mass is 10.3. The SMILES string of the molecule is O=C(O)CN(CC(=O)O)C(=O)NCCOc1ccccc1. The third-order valence-corrected chi connectivity index (χ3v) is 2.33. The summed E-state index contributed by atoms with van der Waals surface area (Å²) in [5.74, 6) is -1.93. The number of para-hydroxylation sites is 1. The lowest BCUT2D eigenvalue weighted by Gasteiger charge is -2.19. The average molecular weight is 296 g/mol. The van der Waals surface area contributed by atoms with E-state index in [1.807, 2.05) is 6.07 Å². The molecule has 0 spiro atoms. The van der Waals surface area contributed by atoms with Crippen LogP contribution in [0.25, 0.3) is 0 Å². The molecule has 0 aromatic heterocycles. The lowest BCUT2D eigenvalue weighted by molar-refractivity contribution is -0.140. The number of urea groups is 1. The number of aliphatic carboxylic acids is 2. The van der Waals surface area contributed by atoms with Gasteiger partial charge >= 0.3 is 18.0 Å². The molecular weight excluding hydrogens is 280 g/mol. The summed E-state index contributed by atoms with van der Waals surface area (Å²) in [5.41, 5.74) is 0. The Labute approximate surface area is 120 Å². The molecule has 0 atom stereocenters. The highest BCUT2D eigenvalue weighted by Gasteiger charge is 2.19. The Morgan fingerprint density at radius 1 is 1.05 bits per heavy atom. The van der Waals surface area contributed by atoms with Gasteiger partial charge in [0.05, 0.1) is 6.54 Å². The summed E-state index contributed by atoms with van der Waals surface area (Å²) in [6, 6.07) is 8.18. The number of benzene rings is 1. The highest BCUT2D eigenvalue weighted by molar-refractivity contribution is 5.84. The number of carbonyl (C=O) groups excluding carboxylic acids is 1. The molecule has 0 saturated carbocycles. The molecular formula is C13H16N2O6. The second-order valence-corrected chi connectivity index (χ2v) is 4.04. The quantitative estimate of drug-likeness (QED) is 0.592. The largest absolute Gasteiger partial charge is 0.492 e. The molecule has 0 unspecified atom stereocenters. The number of hydrogen-bond donors (Lipinski definition) is 3. The van der Waals surface area contributed by atoms with Crippen LogP contribution >= 0.6 is 0 Å². The number of carbonyl (C=O) groups is 3. The van der Waals surface area contributed by atoms with E-state index < -0.39 is 31.1 Å². The fraction of sp³-hybridized carbons (Fsp3) is 0.308. The van der Waals surface area contributed by atoms with Crippen LogP contribution in [0.5, 0.6) is 5.75 Å². The summed E-state index contributed by atoms with van der Waals surface area (Å²) in [6.07, 6.45) is 0. The molecule has 0 aliphatic carbocycles. The van der Waals surface area contributed by atoms with Crippen molar-refractivity contribution in [1.29, 1.82) is 0 Å². The van der Waals surface area contributed by atoms with E-state index in [2.05, 4.69) is 5.32 Å². The fourth-order valence-corrected chi connectivity index (χ4v) is 1.48. The smallest absolute Gasteiger partial charge is 0.323 e. The van der Waals surface area contributed by atoms with Gasteiger partial charge in [-0.3, -0.25) is 9.59 Å². The first-order valence-electron chi connectivity index (χ1n) is 6.13. The molecule has 0 saturated heterocycles. The molecule has 3 N–H and O–H groups in total. The van der Waals surface area contributed by atoms with Gasteiger partial charge in [-0.25, -0.2) is 4.79 Å². The molecule has 8 heteroatoms. The van der Waals surface area contributed by atoms with Gasteiger partial charge in [0, 0.05) is 0 Å². The standard InChI is InChI=1S/C13H16N2O6/c16-11(17)8-15(9-12(18)19)13(20)14-6-7-21-10-4-2-1-3-5-10/h1-5H,6-9H2,(H,14,20)(H,16,17)(H,18,19). The Hall–Kier alpha value is -2.77. The summed E-state index contributed by atoms with van der Waals surface area (Å²) in [5, 5.41) is 19.7. The monoisotopic (exact) mass is 296 g/mol. The minimum absolute atomic E-state index is 0.128. The molecule has 0 heterocycles. The second kappa shape index (κ2) is 8.41. The highest BCUT2D eigenvalue weighted by Crippen LogP contribution is 2.07. The molecule has 1 aromatic carbocycles. The van der Waals surface area contributed by atoms with Crippen LogP contribution in [0.15, 0.2) is 30.3 Å². The first-order chi connectivity index (χ1) is 9.99. The van der Waals surface area contributed by atoms with E-state index in [0.29, 0.717) is 10.6 Å². The summed E-state index contributed by atoms with van der Waals surface area (Å²) in [4.78, 5) is 33.5. The van der Waals surface area contributed by atoms with Gasteiger partial charge in [0.1, 0.15) is 25.4 Å². The van der Waals surface area contributed by atoms with Gasteiger partial charge in [0.15, 0.2) is 0 Å². The van der Waals surface area contributed by atoms with E-state index in [1.54, 1.807) is 24.3 Å². The predicted molar refractivity (Wildman–Crippen MR) is 72.2 cm³/mol. The zero-order valence-electron chi connectivity index (χ0n) is 11.2. The summed E-state index contributed by atoms with van der Waals surface area (Å²) in [7, 11) is 0. The van der Waals surface area contributed by atoms with Gasteiger partial charge in [-0.15, -0.1) is 0 Å². The average Bonchev–Trinajstić information content (AvgIpc) is 2.43. The minimum Gasteiger partial charge on any atom is -0.492 e. The van der Waals surface area contributed by atoms with E-state index in [0.717, 1.165) is 0 Å². The maximum absolute atomic E-state index is 11.7. The van der Waals surface area contributed by atoms with Crippen molar-refractivity contribution >= 4 is 18.0 Å². The van der Waals surface area contributed by atoms with E-state index in [4.69, 9.17) is 14.9 Å². The maximum atomic E-state index is 11.7. The summed E-state index contributed by atoms with van der Waals surface area (Å²) >= 11 is 0. The molecule has 21 heavy (non-hydrogen) atoms. The molecule has 114 valence electrons. The Morgan fingerprint density at radius 3 is 2.14 bits per heavy atom. The Kier molecular flexibility index (Phi) is 6.52. The summed E-state index contributed by atoms with van der Waals surface area (Å²) in [6.45, 7) is -1.05. The van der Waals surface area contributed by atoms with Gasteiger partial charge in [-0.05, 0) is 12.1 Å². The van der Waals surface area contributed by atoms with Gasteiger partial charge in [0.25, 0.3) is 0 Å². The van der Waals surface area contributed by atoms with Crippen molar-refractivity contribution in [2.24, 2.45) is 0 Å². The number of nitrogens with zero attached hydrogens (tertiary/aromatic N) is 1. The number of rotatable bonds is 8. The third-order valence-electron chi connectivity index (χ3n) is 2.33. The maximum Gasteiger partial charge on any atom is 0.323 e. The number of hydrogen-bond acceptors (Lipinski definition) is 4. The Morgan fingerprint density at radius 2 is 1.62 bits per heavy atom. The zero-order valence-corrected chi connectivity index (χ0v) is 11.2. The highest BCUT2D eigenvalue weighted by atomic mass is 16.5. The Bertz CT molecular complexity index is 475.